The van der Waals surface area contributed by atoms with Crippen molar-refractivity contribution >= 4 is 22.7 Å². The first-order chi connectivity index (χ1) is 11.1. The summed E-state index contributed by atoms with van der Waals surface area (Å²) in [6.45, 7) is 1.72. The molecule has 5 nitrogen and oxygen atoms in total. The van der Waals surface area contributed by atoms with Gasteiger partial charge in [-0.25, -0.2) is 14.8 Å². The number of carbonyl (C=O) groups excluding carboxylic acids is 1. The van der Waals surface area contributed by atoms with Gasteiger partial charge in [0.1, 0.15) is 11.5 Å². The zero-order valence-electron chi connectivity index (χ0n) is 12.3. The van der Waals surface area contributed by atoms with Crippen molar-refractivity contribution < 1.29 is 9.18 Å². The van der Waals surface area contributed by atoms with Crippen molar-refractivity contribution in [1.82, 2.24) is 15.4 Å². The van der Waals surface area contributed by atoms with E-state index < -0.39 is 5.91 Å². The molecule has 1 heterocycles. The fraction of sp³-hybridized carbons (Fsp3) is 0.0588. The minimum atomic E-state index is -0.454. The Morgan fingerprint density at radius 3 is 2.52 bits per heavy atom. The third-order valence-electron chi connectivity index (χ3n) is 3.27. The molecule has 1 N–H and O–H groups in total. The zero-order valence-corrected chi connectivity index (χ0v) is 12.3. The Morgan fingerprint density at radius 1 is 1.09 bits per heavy atom. The fourth-order valence-electron chi connectivity index (χ4n) is 2.01. The molecule has 0 atom stereocenters. The number of carbonyl (C=O) groups is 1. The van der Waals surface area contributed by atoms with Crippen LogP contribution in [0.25, 0.3) is 11.0 Å². The first-order valence-electron chi connectivity index (χ1n) is 6.96. The number of hydrazone groups is 1. The number of para-hydroxylation sites is 2. The first kappa shape index (κ1) is 14.8. The van der Waals surface area contributed by atoms with Crippen LogP contribution in [0.4, 0.5) is 4.39 Å². The summed E-state index contributed by atoms with van der Waals surface area (Å²) in [5, 5.41) is 4.01. The zero-order chi connectivity index (χ0) is 16.2. The molecule has 114 valence electrons. The normalized spacial score (nSPS) is 11.5. The summed E-state index contributed by atoms with van der Waals surface area (Å²) in [5.41, 5.74) is 5.25. The Labute approximate surface area is 131 Å². The van der Waals surface area contributed by atoms with Crippen LogP contribution in [0.5, 0.6) is 0 Å². The monoisotopic (exact) mass is 308 g/mol. The van der Waals surface area contributed by atoms with Crippen molar-refractivity contribution in [3.63, 3.8) is 0 Å². The molecule has 0 aliphatic rings. The van der Waals surface area contributed by atoms with E-state index in [1.165, 1.54) is 18.3 Å². The number of hydrogen-bond acceptors (Lipinski definition) is 4. The molecule has 1 amide bonds. The van der Waals surface area contributed by atoms with E-state index in [0.29, 0.717) is 11.2 Å². The van der Waals surface area contributed by atoms with Gasteiger partial charge in [0.25, 0.3) is 5.91 Å². The molecule has 3 rings (SSSR count). The largest absolute Gasteiger partial charge is 0.291 e. The molecule has 23 heavy (non-hydrogen) atoms. The van der Waals surface area contributed by atoms with Crippen molar-refractivity contribution in [1.29, 1.82) is 0 Å². The Kier molecular flexibility index (Phi) is 4.05. The lowest BCUT2D eigenvalue weighted by atomic mass is 10.1. The summed E-state index contributed by atoms with van der Waals surface area (Å²) in [7, 11) is 0. The summed E-state index contributed by atoms with van der Waals surface area (Å²) in [4.78, 5) is 20.5. The van der Waals surface area contributed by atoms with E-state index in [-0.39, 0.29) is 11.5 Å². The summed E-state index contributed by atoms with van der Waals surface area (Å²) < 4.78 is 12.9. The van der Waals surface area contributed by atoms with Crippen LogP contribution in [0.15, 0.2) is 59.8 Å². The van der Waals surface area contributed by atoms with E-state index in [1.807, 2.05) is 18.2 Å². The first-order valence-corrected chi connectivity index (χ1v) is 6.96. The molecular weight excluding hydrogens is 295 g/mol. The predicted octanol–water partition coefficient (Wildman–Crippen LogP) is 2.92. The topological polar surface area (TPSA) is 67.2 Å². The van der Waals surface area contributed by atoms with E-state index in [2.05, 4.69) is 20.5 Å². The van der Waals surface area contributed by atoms with Crippen LogP contribution >= 0.6 is 0 Å². The molecule has 2 aromatic carbocycles. The molecule has 3 aromatic rings. The summed E-state index contributed by atoms with van der Waals surface area (Å²) in [5.74, 6) is -0.776. The Hall–Kier alpha value is -3.15. The third kappa shape index (κ3) is 3.37. The Bertz CT molecular complexity index is 890. The van der Waals surface area contributed by atoms with Crippen molar-refractivity contribution in [2.75, 3.05) is 0 Å². The van der Waals surface area contributed by atoms with Gasteiger partial charge < -0.3 is 0 Å². The van der Waals surface area contributed by atoms with Gasteiger partial charge in [-0.15, -0.1) is 0 Å². The number of aromatic nitrogens is 2. The molecule has 0 aliphatic heterocycles. The van der Waals surface area contributed by atoms with Gasteiger partial charge in [-0.05, 0) is 36.8 Å². The van der Waals surface area contributed by atoms with Crippen LogP contribution in [-0.2, 0) is 0 Å². The molecule has 0 bridgehead atoms. The maximum atomic E-state index is 12.9. The molecule has 6 heteroatoms. The average molecular weight is 308 g/mol. The highest BCUT2D eigenvalue weighted by Gasteiger charge is 2.08. The van der Waals surface area contributed by atoms with Gasteiger partial charge in [0.05, 0.1) is 22.9 Å². The molecule has 1 aromatic heterocycles. The van der Waals surface area contributed by atoms with Crippen LogP contribution in [0.2, 0.25) is 0 Å². The van der Waals surface area contributed by atoms with Crippen molar-refractivity contribution in [2.24, 2.45) is 5.10 Å². The minimum absolute atomic E-state index is 0.180. The number of benzene rings is 2. The van der Waals surface area contributed by atoms with Crippen LogP contribution in [0, 0.1) is 5.82 Å². The number of rotatable bonds is 3. The maximum absolute atomic E-state index is 12.9. The lowest BCUT2D eigenvalue weighted by molar-refractivity contribution is 0.0950. The summed E-state index contributed by atoms with van der Waals surface area (Å²) in [6.07, 6.45) is 1.40. The van der Waals surface area contributed by atoms with Crippen LogP contribution < -0.4 is 5.43 Å². The van der Waals surface area contributed by atoms with E-state index in [9.17, 15) is 9.18 Å². The van der Waals surface area contributed by atoms with E-state index in [1.54, 1.807) is 25.1 Å². The van der Waals surface area contributed by atoms with E-state index >= 15 is 0 Å². The number of hydrogen-bond donors (Lipinski definition) is 1. The lowest BCUT2D eigenvalue weighted by Gasteiger charge is -2.03. The van der Waals surface area contributed by atoms with Crippen LogP contribution in [0.1, 0.15) is 23.0 Å². The van der Waals surface area contributed by atoms with Gasteiger partial charge in [0.15, 0.2) is 0 Å². The number of amides is 1. The second kappa shape index (κ2) is 6.31. The fourth-order valence-corrected chi connectivity index (χ4v) is 2.01. The number of nitrogens with one attached hydrogen (secondary N) is 1. The van der Waals surface area contributed by atoms with Gasteiger partial charge in [-0.2, -0.15) is 5.10 Å². The van der Waals surface area contributed by atoms with Gasteiger partial charge in [-0.1, -0.05) is 24.3 Å². The third-order valence-corrected chi connectivity index (χ3v) is 3.27. The SMILES string of the molecule is C/C(=N\NC(=O)c1cnc2ccccc2n1)c1ccc(F)cc1. The molecule has 0 saturated heterocycles. The minimum Gasteiger partial charge on any atom is -0.265 e. The van der Waals surface area contributed by atoms with Crippen molar-refractivity contribution in [3.05, 3.63) is 71.8 Å². The molecule has 0 radical (unpaired) electrons. The van der Waals surface area contributed by atoms with Crippen molar-refractivity contribution in [3.8, 4) is 0 Å². The van der Waals surface area contributed by atoms with Crippen LogP contribution in [0.3, 0.4) is 0 Å². The quantitative estimate of drug-likeness (QED) is 0.597. The number of nitrogens with zero attached hydrogens (tertiary/aromatic N) is 3. The molecule has 0 spiro atoms. The maximum Gasteiger partial charge on any atom is 0.291 e. The lowest BCUT2D eigenvalue weighted by Crippen LogP contribution is -2.20. The smallest absolute Gasteiger partial charge is 0.265 e. The predicted molar refractivity (Wildman–Crippen MR) is 85.6 cm³/mol. The molecule has 0 fully saturated rings. The Morgan fingerprint density at radius 2 is 1.78 bits per heavy atom. The highest BCUT2D eigenvalue weighted by molar-refractivity contribution is 6.00. The van der Waals surface area contributed by atoms with Gasteiger partial charge in [0.2, 0.25) is 0 Å². The van der Waals surface area contributed by atoms with E-state index in [0.717, 1.165) is 11.1 Å². The van der Waals surface area contributed by atoms with Gasteiger partial charge >= 0.3 is 0 Å². The second-order valence-corrected chi connectivity index (χ2v) is 4.89. The van der Waals surface area contributed by atoms with Crippen molar-refractivity contribution in [2.45, 2.75) is 6.92 Å². The highest BCUT2D eigenvalue weighted by atomic mass is 19.1. The standard InChI is InChI=1S/C17H13FN4O/c1-11(12-6-8-13(18)9-7-12)21-22-17(23)16-10-19-14-4-2-3-5-15(14)20-16/h2-10H,1H3,(H,22,23)/b21-11+. The molecule has 0 aliphatic carbocycles. The van der Waals surface area contributed by atoms with Gasteiger partial charge in [-0.3, -0.25) is 9.78 Å². The highest BCUT2D eigenvalue weighted by Crippen LogP contribution is 2.08. The van der Waals surface area contributed by atoms with E-state index in [4.69, 9.17) is 0 Å². The molecular formula is C17H13FN4O. The Balaban J connectivity index is 1.77. The van der Waals surface area contributed by atoms with Gasteiger partial charge in [0, 0.05) is 0 Å². The molecule has 0 saturated carbocycles. The average Bonchev–Trinajstić information content (AvgIpc) is 2.59. The van der Waals surface area contributed by atoms with Crippen LogP contribution in [-0.4, -0.2) is 21.6 Å². The number of fused-ring (bicyclic) bond motifs is 1. The summed E-state index contributed by atoms with van der Waals surface area (Å²) in [6, 6.07) is 13.2. The second-order valence-electron chi connectivity index (χ2n) is 4.89. The summed E-state index contributed by atoms with van der Waals surface area (Å²) >= 11 is 0. The number of halogens is 1. The molecule has 0 unspecified atom stereocenters.